The fraction of sp³-hybridized carbons (Fsp3) is 0.286. The Balaban J connectivity index is 2.81. The fourth-order valence-electron chi connectivity index (χ4n) is 0.971. The molecular weight excluding hydrogens is 176 g/mol. The zero-order valence-corrected chi connectivity index (χ0v) is 6.64. The van der Waals surface area contributed by atoms with Crippen molar-refractivity contribution in [2.45, 2.75) is 12.5 Å². The van der Waals surface area contributed by atoms with E-state index in [0.29, 0.717) is 0 Å². The average molecular weight is 184 g/mol. The molecule has 1 rings (SSSR count). The van der Waals surface area contributed by atoms with Gasteiger partial charge in [0.05, 0.1) is 12.4 Å². The molecule has 0 saturated carbocycles. The first-order valence-corrected chi connectivity index (χ1v) is 3.57. The Bertz CT molecular complexity index is 306. The number of carbonyl (C=O) groups is 2. The van der Waals surface area contributed by atoms with Crippen molar-refractivity contribution in [1.29, 1.82) is 0 Å². The second-order valence-electron chi connectivity index (χ2n) is 2.49. The Morgan fingerprint density at radius 1 is 1.62 bits per heavy atom. The van der Waals surface area contributed by atoms with E-state index in [1.807, 2.05) is 0 Å². The molecule has 0 fully saturated rings. The van der Waals surface area contributed by atoms with Crippen molar-refractivity contribution >= 4 is 11.9 Å². The fourth-order valence-corrected chi connectivity index (χ4v) is 0.971. The first kappa shape index (κ1) is 9.24. The van der Waals surface area contributed by atoms with Crippen LogP contribution in [-0.2, 0) is 9.59 Å². The highest BCUT2D eigenvalue weighted by Gasteiger charge is 2.20. The molecule has 0 aliphatic rings. The predicted octanol–water partition coefficient (Wildman–Crippen LogP) is -1.93. The van der Waals surface area contributed by atoms with Gasteiger partial charge in [0.25, 0.3) is 0 Å². The minimum atomic E-state index is -1.41. The minimum absolute atomic E-state index is 0.495. The Morgan fingerprint density at radius 2 is 2.31 bits per heavy atom. The number of imidazole rings is 1. The molecule has 0 aliphatic heterocycles. The van der Waals surface area contributed by atoms with Crippen LogP contribution in [0.25, 0.3) is 0 Å². The zero-order chi connectivity index (χ0) is 9.84. The summed E-state index contributed by atoms with van der Waals surface area (Å²) in [5.74, 6) is -2.59. The Hall–Kier alpha value is -1.85. The van der Waals surface area contributed by atoms with Gasteiger partial charge in [0.15, 0.2) is 6.04 Å². The lowest BCUT2D eigenvalue weighted by atomic mass is 10.2. The Labute approximate surface area is 73.4 Å². The van der Waals surface area contributed by atoms with Gasteiger partial charge in [-0.2, -0.15) is 0 Å². The number of H-pyrrole nitrogens is 1. The Morgan fingerprint density at radius 3 is 2.69 bits per heavy atom. The topological polar surface area (TPSA) is 97.1 Å². The van der Waals surface area contributed by atoms with Gasteiger partial charge in [-0.05, 0) is 0 Å². The van der Waals surface area contributed by atoms with Crippen molar-refractivity contribution in [3.63, 3.8) is 0 Å². The number of carbonyl (C=O) groups excluding carboxylic acids is 1. The summed E-state index contributed by atoms with van der Waals surface area (Å²) >= 11 is 0. The molecule has 70 valence electrons. The van der Waals surface area contributed by atoms with Crippen LogP contribution in [0.5, 0.6) is 0 Å². The maximum Gasteiger partial charge on any atom is 0.308 e. The summed E-state index contributed by atoms with van der Waals surface area (Å²) in [6.45, 7) is 0. The summed E-state index contributed by atoms with van der Waals surface area (Å²) in [5.41, 5.74) is 0. The first-order chi connectivity index (χ1) is 6.11. The molecule has 0 spiro atoms. The smallest absolute Gasteiger partial charge is 0.308 e. The number of carboxylic acids is 2. The van der Waals surface area contributed by atoms with Crippen LogP contribution in [0.3, 0.4) is 0 Å². The third-order valence-corrected chi connectivity index (χ3v) is 1.57. The monoisotopic (exact) mass is 184 g/mol. The Kier molecular flexibility index (Phi) is 2.63. The summed E-state index contributed by atoms with van der Waals surface area (Å²) in [5, 5.41) is 18.9. The summed E-state index contributed by atoms with van der Waals surface area (Å²) in [6, 6.07) is -1.16. The van der Waals surface area contributed by atoms with E-state index in [-0.39, 0.29) is 0 Å². The van der Waals surface area contributed by atoms with Crippen LogP contribution in [0.2, 0.25) is 0 Å². The van der Waals surface area contributed by atoms with Gasteiger partial charge < -0.3 is 15.0 Å². The maximum absolute atomic E-state index is 10.5. The number of rotatable bonds is 4. The number of nitrogens with zero attached hydrogens (tertiary/aromatic N) is 1. The van der Waals surface area contributed by atoms with Crippen LogP contribution in [0, 0.1) is 0 Å². The highest BCUT2D eigenvalue weighted by Crippen LogP contribution is 2.00. The predicted molar refractivity (Wildman–Crippen MR) is 37.3 cm³/mol. The van der Waals surface area contributed by atoms with E-state index >= 15 is 0 Å². The van der Waals surface area contributed by atoms with Gasteiger partial charge in [0.2, 0.25) is 6.33 Å². The van der Waals surface area contributed by atoms with E-state index in [2.05, 4.69) is 4.98 Å². The maximum atomic E-state index is 10.5. The number of hydrogen-bond acceptors (Lipinski definition) is 3. The SMILES string of the molecule is O=C(O)C[C@@H](C(=O)[O-])[n+]1cc[nH]c1. The molecular formula is C7H8N2O4. The van der Waals surface area contributed by atoms with Gasteiger partial charge in [-0.25, -0.2) is 4.57 Å². The molecule has 1 aromatic heterocycles. The van der Waals surface area contributed by atoms with E-state index < -0.39 is 24.4 Å². The van der Waals surface area contributed by atoms with Gasteiger partial charge in [-0.3, -0.25) is 9.78 Å². The van der Waals surface area contributed by atoms with E-state index in [0.717, 1.165) is 0 Å². The molecule has 0 radical (unpaired) electrons. The molecule has 1 atom stereocenters. The van der Waals surface area contributed by atoms with Crippen LogP contribution in [-0.4, -0.2) is 22.0 Å². The van der Waals surface area contributed by atoms with E-state index in [9.17, 15) is 14.7 Å². The minimum Gasteiger partial charge on any atom is -0.546 e. The standard InChI is InChI=1S/C7H8N2O4/c10-6(11)3-5(7(12)13)9-2-1-8-4-9/h1-2,4-5H,3H2,(H2,10,11,12,13)/t5-/m0/s1. The lowest BCUT2D eigenvalue weighted by Gasteiger charge is -2.11. The van der Waals surface area contributed by atoms with E-state index in [4.69, 9.17) is 5.11 Å². The molecule has 2 N–H and O–H groups in total. The van der Waals surface area contributed by atoms with Crippen molar-refractivity contribution in [3.8, 4) is 0 Å². The number of hydrogen-bond donors (Lipinski definition) is 2. The first-order valence-electron chi connectivity index (χ1n) is 3.57. The van der Waals surface area contributed by atoms with Crippen molar-refractivity contribution < 1.29 is 24.4 Å². The number of aromatic amines is 1. The summed E-state index contributed by atoms with van der Waals surface area (Å²) in [7, 11) is 0. The summed E-state index contributed by atoms with van der Waals surface area (Å²) in [4.78, 5) is 23.4. The highest BCUT2D eigenvalue weighted by molar-refractivity contribution is 5.76. The zero-order valence-electron chi connectivity index (χ0n) is 6.64. The molecule has 1 heterocycles. The van der Waals surface area contributed by atoms with Gasteiger partial charge in [-0.1, -0.05) is 0 Å². The van der Waals surface area contributed by atoms with Crippen molar-refractivity contribution in [2.24, 2.45) is 0 Å². The van der Waals surface area contributed by atoms with Crippen LogP contribution in [0.4, 0.5) is 0 Å². The lowest BCUT2D eigenvalue weighted by Crippen LogP contribution is -2.49. The molecule has 6 nitrogen and oxygen atoms in total. The van der Waals surface area contributed by atoms with Crippen LogP contribution in [0.1, 0.15) is 12.5 Å². The third kappa shape index (κ3) is 2.29. The lowest BCUT2D eigenvalue weighted by molar-refractivity contribution is -0.713. The van der Waals surface area contributed by atoms with Crippen LogP contribution >= 0.6 is 0 Å². The van der Waals surface area contributed by atoms with Crippen LogP contribution in [0.15, 0.2) is 18.7 Å². The van der Waals surface area contributed by atoms with Crippen molar-refractivity contribution in [3.05, 3.63) is 18.7 Å². The molecule has 0 unspecified atom stereocenters. The quantitative estimate of drug-likeness (QED) is 0.532. The summed E-state index contributed by atoms with van der Waals surface area (Å²) < 4.78 is 1.24. The number of carboxylic acid groups (broad SMARTS) is 2. The van der Waals surface area contributed by atoms with Gasteiger partial charge in [0.1, 0.15) is 12.4 Å². The van der Waals surface area contributed by atoms with Gasteiger partial charge in [-0.15, -0.1) is 0 Å². The van der Waals surface area contributed by atoms with Crippen molar-refractivity contribution in [2.75, 3.05) is 0 Å². The second kappa shape index (κ2) is 3.70. The number of aliphatic carboxylic acids is 2. The van der Waals surface area contributed by atoms with Crippen LogP contribution < -0.4 is 9.67 Å². The molecule has 13 heavy (non-hydrogen) atoms. The third-order valence-electron chi connectivity index (χ3n) is 1.57. The number of aromatic nitrogens is 2. The van der Waals surface area contributed by atoms with Crippen molar-refractivity contribution in [1.82, 2.24) is 4.98 Å². The largest absolute Gasteiger partial charge is 0.546 e. The van der Waals surface area contributed by atoms with E-state index in [1.165, 1.54) is 23.3 Å². The molecule has 0 aliphatic carbocycles. The summed E-state index contributed by atoms with van der Waals surface area (Å²) in [6.07, 6.45) is 3.80. The molecule has 6 heteroatoms. The second-order valence-corrected chi connectivity index (χ2v) is 2.49. The highest BCUT2D eigenvalue weighted by atomic mass is 16.4. The normalized spacial score (nSPS) is 12.3. The molecule has 0 amide bonds. The molecule has 0 aromatic carbocycles. The van der Waals surface area contributed by atoms with Gasteiger partial charge in [0, 0.05) is 0 Å². The van der Waals surface area contributed by atoms with E-state index in [1.54, 1.807) is 0 Å². The average Bonchev–Trinajstić information content (AvgIpc) is 2.50. The molecule has 0 bridgehead atoms. The molecule has 0 saturated heterocycles. The molecule has 1 aromatic rings. The number of nitrogens with one attached hydrogen (secondary N) is 1. The van der Waals surface area contributed by atoms with Gasteiger partial charge >= 0.3 is 5.97 Å².